The molecular formula is C32H38N2O3. The van der Waals surface area contributed by atoms with Gasteiger partial charge in [0.05, 0.1) is 13.7 Å². The largest absolute Gasteiger partial charge is 0.493 e. The molecule has 4 rings (SSSR count). The fraction of sp³-hybridized carbons (Fsp3) is 0.344. The molecule has 0 N–H and O–H groups in total. The number of benzene rings is 3. The zero-order valence-corrected chi connectivity index (χ0v) is 22.1. The Labute approximate surface area is 221 Å². The molecule has 0 bridgehead atoms. The van der Waals surface area contributed by atoms with E-state index >= 15 is 0 Å². The summed E-state index contributed by atoms with van der Waals surface area (Å²) in [5.74, 6) is 1.44. The van der Waals surface area contributed by atoms with E-state index in [-0.39, 0.29) is 5.91 Å². The van der Waals surface area contributed by atoms with Crippen LogP contribution in [0.4, 0.5) is 0 Å². The minimum atomic E-state index is 0.0298. The van der Waals surface area contributed by atoms with Crippen molar-refractivity contribution in [2.24, 2.45) is 0 Å². The van der Waals surface area contributed by atoms with E-state index in [0.29, 0.717) is 18.9 Å². The number of nitrogens with zero attached hydrogens (tertiary/aromatic N) is 2. The fourth-order valence-electron chi connectivity index (χ4n) is 4.67. The zero-order valence-electron chi connectivity index (χ0n) is 22.1. The lowest BCUT2D eigenvalue weighted by Crippen LogP contribution is -2.34. The van der Waals surface area contributed by atoms with Gasteiger partial charge in [-0.1, -0.05) is 67.6 Å². The van der Waals surface area contributed by atoms with Gasteiger partial charge in [0, 0.05) is 25.7 Å². The average Bonchev–Trinajstić information content (AvgIpc) is 2.95. The molecule has 5 nitrogen and oxygen atoms in total. The third-order valence-electron chi connectivity index (χ3n) is 6.87. The Hall–Kier alpha value is -3.57. The molecule has 1 amide bonds. The second-order valence-electron chi connectivity index (χ2n) is 9.43. The van der Waals surface area contributed by atoms with Crippen LogP contribution in [-0.2, 0) is 24.3 Å². The lowest BCUT2D eigenvalue weighted by molar-refractivity contribution is -0.126. The molecule has 0 saturated carbocycles. The first-order chi connectivity index (χ1) is 18.2. The molecule has 37 heavy (non-hydrogen) atoms. The number of methoxy groups -OCH3 is 1. The molecule has 194 valence electrons. The van der Waals surface area contributed by atoms with Crippen LogP contribution in [0.25, 0.3) is 6.08 Å². The summed E-state index contributed by atoms with van der Waals surface area (Å²) in [6.07, 6.45) is 6.45. The highest BCUT2D eigenvalue weighted by Gasteiger charge is 2.18. The van der Waals surface area contributed by atoms with E-state index in [4.69, 9.17) is 9.47 Å². The van der Waals surface area contributed by atoms with Gasteiger partial charge in [0.1, 0.15) is 0 Å². The molecule has 0 unspecified atom stereocenters. The lowest BCUT2D eigenvalue weighted by atomic mass is 10.00. The number of hydrogen-bond donors (Lipinski definition) is 0. The normalized spacial score (nSPS) is 13.1. The van der Waals surface area contributed by atoms with Gasteiger partial charge in [-0.3, -0.25) is 9.69 Å². The molecule has 0 radical (unpaired) electrons. The Bertz CT molecular complexity index is 1180. The number of fused-ring (bicyclic) bond motifs is 1. The van der Waals surface area contributed by atoms with E-state index in [1.165, 1.54) is 16.7 Å². The molecule has 0 fully saturated rings. The predicted octanol–water partition coefficient (Wildman–Crippen LogP) is 5.97. The van der Waals surface area contributed by atoms with Crippen molar-refractivity contribution in [1.82, 2.24) is 9.80 Å². The van der Waals surface area contributed by atoms with E-state index in [2.05, 4.69) is 60.4 Å². The van der Waals surface area contributed by atoms with Crippen molar-refractivity contribution in [3.8, 4) is 11.5 Å². The summed E-state index contributed by atoms with van der Waals surface area (Å²) in [7, 11) is 1.65. The fourth-order valence-corrected chi connectivity index (χ4v) is 4.67. The molecular weight excluding hydrogens is 460 g/mol. The first-order valence-corrected chi connectivity index (χ1v) is 13.3. The molecule has 0 saturated heterocycles. The van der Waals surface area contributed by atoms with Crippen LogP contribution < -0.4 is 9.47 Å². The van der Waals surface area contributed by atoms with Crippen LogP contribution in [0.3, 0.4) is 0 Å². The van der Waals surface area contributed by atoms with Gasteiger partial charge in [-0.15, -0.1) is 0 Å². The van der Waals surface area contributed by atoms with Crippen molar-refractivity contribution >= 4 is 12.0 Å². The summed E-state index contributed by atoms with van der Waals surface area (Å²) in [4.78, 5) is 17.1. The maximum Gasteiger partial charge on any atom is 0.246 e. The number of carbonyl (C=O) groups is 1. The summed E-state index contributed by atoms with van der Waals surface area (Å²) in [6, 6.07) is 24.8. The quantitative estimate of drug-likeness (QED) is 0.228. The highest BCUT2D eigenvalue weighted by Crippen LogP contribution is 2.29. The molecule has 0 aliphatic carbocycles. The van der Waals surface area contributed by atoms with Crippen LogP contribution in [0.1, 0.15) is 42.0 Å². The van der Waals surface area contributed by atoms with Crippen molar-refractivity contribution in [2.45, 2.75) is 39.3 Å². The minimum Gasteiger partial charge on any atom is -0.493 e. The molecule has 3 aromatic carbocycles. The Morgan fingerprint density at radius 3 is 2.54 bits per heavy atom. The Morgan fingerprint density at radius 2 is 1.76 bits per heavy atom. The van der Waals surface area contributed by atoms with Crippen LogP contribution in [0.15, 0.2) is 78.9 Å². The van der Waals surface area contributed by atoms with Gasteiger partial charge in [0.15, 0.2) is 11.5 Å². The summed E-state index contributed by atoms with van der Waals surface area (Å²) in [5, 5.41) is 0. The third-order valence-corrected chi connectivity index (χ3v) is 6.87. The van der Waals surface area contributed by atoms with Gasteiger partial charge in [-0.05, 0) is 72.8 Å². The van der Waals surface area contributed by atoms with Gasteiger partial charge in [0.2, 0.25) is 5.91 Å². The number of amides is 1. The van der Waals surface area contributed by atoms with Crippen molar-refractivity contribution in [3.63, 3.8) is 0 Å². The van der Waals surface area contributed by atoms with E-state index in [1.54, 1.807) is 13.2 Å². The molecule has 1 aliphatic heterocycles. The number of unbranched alkanes of at least 4 members (excludes halogenated alkanes) is 1. The zero-order chi connectivity index (χ0) is 25.9. The molecule has 0 aromatic heterocycles. The second kappa shape index (κ2) is 13.7. The number of rotatable bonds is 12. The van der Waals surface area contributed by atoms with Crippen molar-refractivity contribution in [3.05, 3.63) is 101 Å². The lowest BCUT2D eigenvalue weighted by Gasteiger charge is -2.27. The van der Waals surface area contributed by atoms with Crippen molar-refractivity contribution in [2.75, 3.05) is 33.4 Å². The third kappa shape index (κ3) is 7.70. The molecule has 5 heteroatoms. The maximum absolute atomic E-state index is 12.8. The SMILES string of the molecule is CCN(CCCCOc1ccc(/C=C/C(=O)N2CCc3ccccc3C2)cc1OC)Cc1ccccc1. The summed E-state index contributed by atoms with van der Waals surface area (Å²) in [6.45, 7) is 7.33. The Balaban J connectivity index is 1.23. The monoisotopic (exact) mass is 498 g/mol. The molecule has 0 atom stereocenters. The van der Waals surface area contributed by atoms with Crippen LogP contribution in [0.5, 0.6) is 11.5 Å². The van der Waals surface area contributed by atoms with Gasteiger partial charge in [-0.2, -0.15) is 0 Å². The van der Waals surface area contributed by atoms with E-state index in [1.807, 2.05) is 35.2 Å². The predicted molar refractivity (Wildman–Crippen MR) is 150 cm³/mol. The first-order valence-electron chi connectivity index (χ1n) is 13.3. The second-order valence-corrected chi connectivity index (χ2v) is 9.43. The van der Waals surface area contributed by atoms with E-state index in [0.717, 1.165) is 56.8 Å². The van der Waals surface area contributed by atoms with Crippen LogP contribution in [0, 0.1) is 0 Å². The number of carbonyl (C=O) groups excluding carboxylic acids is 1. The average molecular weight is 499 g/mol. The van der Waals surface area contributed by atoms with Gasteiger partial charge < -0.3 is 14.4 Å². The highest BCUT2D eigenvalue weighted by atomic mass is 16.5. The summed E-state index contributed by atoms with van der Waals surface area (Å²) < 4.78 is 11.6. The maximum atomic E-state index is 12.8. The summed E-state index contributed by atoms with van der Waals surface area (Å²) in [5.41, 5.74) is 4.83. The van der Waals surface area contributed by atoms with Gasteiger partial charge in [0.25, 0.3) is 0 Å². The van der Waals surface area contributed by atoms with Crippen LogP contribution in [-0.4, -0.2) is 49.1 Å². The number of ether oxygens (including phenoxy) is 2. The minimum absolute atomic E-state index is 0.0298. The van der Waals surface area contributed by atoms with Gasteiger partial charge >= 0.3 is 0 Å². The van der Waals surface area contributed by atoms with E-state index < -0.39 is 0 Å². The molecule has 0 spiro atoms. The number of hydrogen-bond acceptors (Lipinski definition) is 4. The van der Waals surface area contributed by atoms with Crippen LogP contribution in [0.2, 0.25) is 0 Å². The van der Waals surface area contributed by atoms with Crippen molar-refractivity contribution < 1.29 is 14.3 Å². The van der Waals surface area contributed by atoms with E-state index in [9.17, 15) is 4.79 Å². The Morgan fingerprint density at radius 1 is 0.973 bits per heavy atom. The topological polar surface area (TPSA) is 42.0 Å². The molecule has 1 aliphatic rings. The van der Waals surface area contributed by atoms with Gasteiger partial charge in [-0.25, -0.2) is 0 Å². The van der Waals surface area contributed by atoms with Crippen molar-refractivity contribution in [1.29, 1.82) is 0 Å². The first kappa shape index (κ1) is 26.5. The molecule has 3 aromatic rings. The highest BCUT2D eigenvalue weighted by molar-refractivity contribution is 5.92. The smallest absolute Gasteiger partial charge is 0.246 e. The summed E-state index contributed by atoms with van der Waals surface area (Å²) >= 11 is 0. The standard InChI is InChI=1S/C32H38N2O3/c1-3-33(24-27-11-5-4-6-12-27)20-9-10-22-37-30-17-15-26(23-31(30)36-2)16-18-32(35)34-21-19-28-13-7-8-14-29(28)25-34/h4-8,11-18,23H,3,9-10,19-22,24-25H2,1-2H3/b18-16+. The van der Waals surface area contributed by atoms with Crippen LogP contribution >= 0.6 is 0 Å². The molecule has 1 heterocycles. The Kier molecular flexibility index (Phi) is 9.78.